The van der Waals surface area contributed by atoms with Crippen molar-refractivity contribution in [2.24, 2.45) is 0 Å². The van der Waals surface area contributed by atoms with E-state index in [0.717, 1.165) is 16.7 Å². The van der Waals surface area contributed by atoms with Gasteiger partial charge in [0.25, 0.3) is 0 Å². The second kappa shape index (κ2) is 7.01. The molecule has 0 aliphatic rings. The lowest BCUT2D eigenvalue weighted by molar-refractivity contribution is -0.145. The lowest BCUT2D eigenvalue weighted by atomic mass is 10.2. The highest BCUT2D eigenvalue weighted by Gasteiger charge is 2.07. The maximum Gasteiger partial charge on any atom is 0.326 e. The summed E-state index contributed by atoms with van der Waals surface area (Å²) < 4.78 is 12.6. The van der Waals surface area contributed by atoms with Gasteiger partial charge in [-0.2, -0.15) is 0 Å². The fourth-order valence-corrected chi connectivity index (χ4v) is 2.47. The first-order chi connectivity index (χ1) is 11.2. The first-order valence-electron chi connectivity index (χ1n) is 7.61. The van der Waals surface area contributed by atoms with E-state index in [1.165, 1.54) is 5.56 Å². The highest BCUT2D eigenvalue weighted by atomic mass is 16.6. The molecule has 0 atom stereocenters. The van der Waals surface area contributed by atoms with Crippen LogP contribution in [0.1, 0.15) is 5.56 Å². The molecule has 0 unspecified atom stereocenters. The number of aromatic nitrogens is 1. The molecule has 0 aliphatic heterocycles. The number of fused-ring (bicyclic) bond motifs is 1. The predicted octanol–water partition coefficient (Wildman–Crippen LogP) is 3.57. The van der Waals surface area contributed by atoms with Crippen LogP contribution in [0.4, 0.5) is 0 Å². The van der Waals surface area contributed by atoms with Crippen molar-refractivity contribution < 1.29 is 14.3 Å². The SMILES string of the molecule is Cc1ccc2c(ccn2CC(=O)OCCOc2ccccc2)c1. The number of hydrogen-bond donors (Lipinski definition) is 0. The highest BCUT2D eigenvalue weighted by molar-refractivity contribution is 5.82. The number of hydrogen-bond acceptors (Lipinski definition) is 3. The van der Waals surface area contributed by atoms with Gasteiger partial charge in [-0.25, -0.2) is 0 Å². The number of carbonyl (C=O) groups excluding carboxylic acids is 1. The number of nitrogens with zero attached hydrogens (tertiary/aromatic N) is 1. The van der Waals surface area contributed by atoms with Crippen molar-refractivity contribution in [2.75, 3.05) is 13.2 Å². The van der Waals surface area contributed by atoms with Gasteiger partial charge < -0.3 is 14.0 Å². The van der Waals surface area contributed by atoms with Crippen LogP contribution >= 0.6 is 0 Å². The summed E-state index contributed by atoms with van der Waals surface area (Å²) in [6.07, 6.45) is 1.91. The predicted molar refractivity (Wildman–Crippen MR) is 89.6 cm³/mol. The zero-order valence-corrected chi connectivity index (χ0v) is 13.1. The van der Waals surface area contributed by atoms with Crippen LogP contribution in [0.2, 0.25) is 0 Å². The minimum absolute atomic E-state index is 0.206. The molecule has 0 saturated carbocycles. The van der Waals surface area contributed by atoms with Gasteiger partial charge >= 0.3 is 5.97 Å². The summed E-state index contributed by atoms with van der Waals surface area (Å²) in [5.74, 6) is 0.509. The normalized spacial score (nSPS) is 10.7. The van der Waals surface area contributed by atoms with Gasteiger partial charge in [0.15, 0.2) is 0 Å². The van der Waals surface area contributed by atoms with E-state index < -0.39 is 0 Å². The number of esters is 1. The third-order valence-electron chi connectivity index (χ3n) is 3.58. The van der Waals surface area contributed by atoms with Gasteiger partial charge in [0.1, 0.15) is 25.5 Å². The second-order valence-electron chi connectivity index (χ2n) is 5.39. The summed E-state index contributed by atoms with van der Waals surface area (Å²) in [5, 5.41) is 1.13. The number of benzene rings is 2. The molecule has 0 aliphatic carbocycles. The average molecular weight is 309 g/mol. The highest BCUT2D eigenvalue weighted by Crippen LogP contribution is 2.17. The number of aryl methyl sites for hydroxylation is 1. The Morgan fingerprint density at radius 3 is 2.70 bits per heavy atom. The van der Waals surface area contributed by atoms with Gasteiger partial charge in [-0.1, -0.05) is 29.8 Å². The molecule has 0 N–H and O–H groups in total. The largest absolute Gasteiger partial charge is 0.490 e. The Kier molecular flexibility index (Phi) is 4.62. The van der Waals surface area contributed by atoms with Crippen molar-refractivity contribution in [3.63, 3.8) is 0 Å². The zero-order valence-electron chi connectivity index (χ0n) is 13.1. The van der Waals surface area contributed by atoms with Crippen molar-refractivity contribution in [3.05, 3.63) is 66.4 Å². The van der Waals surface area contributed by atoms with Crippen molar-refractivity contribution in [1.82, 2.24) is 4.57 Å². The van der Waals surface area contributed by atoms with Gasteiger partial charge in [0.05, 0.1) is 0 Å². The molecule has 23 heavy (non-hydrogen) atoms. The van der Waals surface area contributed by atoms with Crippen molar-refractivity contribution in [3.8, 4) is 5.75 Å². The standard InChI is InChI=1S/C19H19NO3/c1-15-7-8-18-16(13-15)9-10-20(18)14-19(21)23-12-11-22-17-5-3-2-4-6-17/h2-10,13H,11-12,14H2,1H3. The van der Waals surface area contributed by atoms with Gasteiger partial charge in [-0.3, -0.25) is 4.79 Å². The van der Waals surface area contributed by atoms with E-state index in [4.69, 9.17) is 9.47 Å². The summed E-state index contributed by atoms with van der Waals surface area (Å²) in [6.45, 7) is 2.85. The summed E-state index contributed by atoms with van der Waals surface area (Å²) in [6, 6.07) is 17.6. The Morgan fingerprint density at radius 2 is 1.87 bits per heavy atom. The molecule has 0 saturated heterocycles. The van der Waals surface area contributed by atoms with Crippen molar-refractivity contribution >= 4 is 16.9 Å². The zero-order chi connectivity index (χ0) is 16.1. The maximum atomic E-state index is 11.9. The van der Waals surface area contributed by atoms with Crippen molar-refractivity contribution in [1.29, 1.82) is 0 Å². The molecule has 4 nitrogen and oxygen atoms in total. The monoisotopic (exact) mass is 309 g/mol. The molecule has 2 aromatic carbocycles. The van der Waals surface area contributed by atoms with Gasteiger partial charge in [0, 0.05) is 11.7 Å². The van der Waals surface area contributed by atoms with Gasteiger partial charge in [-0.15, -0.1) is 0 Å². The van der Waals surface area contributed by atoms with E-state index >= 15 is 0 Å². The third-order valence-corrected chi connectivity index (χ3v) is 3.58. The number of rotatable bonds is 6. The molecule has 3 aromatic rings. The molecule has 1 heterocycles. The fourth-order valence-electron chi connectivity index (χ4n) is 2.47. The lowest BCUT2D eigenvalue weighted by Gasteiger charge is -2.08. The third kappa shape index (κ3) is 3.92. The van der Waals surface area contributed by atoms with Crippen molar-refractivity contribution in [2.45, 2.75) is 13.5 Å². The number of carbonyl (C=O) groups is 1. The Hall–Kier alpha value is -2.75. The molecule has 0 bridgehead atoms. The van der Waals surface area contributed by atoms with E-state index in [1.54, 1.807) is 0 Å². The molecule has 0 spiro atoms. The molecule has 1 aromatic heterocycles. The topological polar surface area (TPSA) is 40.5 Å². The van der Waals surface area contributed by atoms with Gasteiger partial charge in [0.2, 0.25) is 0 Å². The van der Waals surface area contributed by atoms with E-state index in [-0.39, 0.29) is 19.1 Å². The molecule has 0 amide bonds. The Balaban J connectivity index is 1.49. The molecule has 0 fully saturated rings. The van der Waals surface area contributed by atoms with E-state index in [2.05, 4.69) is 13.0 Å². The van der Waals surface area contributed by atoms with Crippen LogP contribution in [0.15, 0.2) is 60.8 Å². The van der Waals surface area contributed by atoms with Crippen LogP contribution in [-0.4, -0.2) is 23.8 Å². The summed E-state index contributed by atoms with van der Waals surface area (Å²) in [5.41, 5.74) is 2.24. The molecule has 3 rings (SSSR count). The smallest absolute Gasteiger partial charge is 0.326 e. The molecular formula is C19H19NO3. The first kappa shape index (κ1) is 15.2. The van der Waals surface area contributed by atoms with Crippen LogP contribution in [0.25, 0.3) is 10.9 Å². The minimum Gasteiger partial charge on any atom is -0.490 e. The van der Waals surface area contributed by atoms with E-state index in [9.17, 15) is 4.79 Å². The molecular weight excluding hydrogens is 290 g/mol. The Labute approximate surface area is 135 Å². The lowest BCUT2D eigenvalue weighted by Crippen LogP contribution is -2.16. The summed E-state index contributed by atoms with van der Waals surface area (Å²) in [7, 11) is 0. The number of ether oxygens (including phenoxy) is 2. The fraction of sp³-hybridized carbons (Fsp3) is 0.211. The van der Waals surface area contributed by atoms with Crippen LogP contribution in [0, 0.1) is 6.92 Å². The summed E-state index contributed by atoms with van der Waals surface area (Å²) >= 11 is 0. The molecule has 0 radical (unpaired) electrons. The Morgan fingerprint density at radius 1 is 1.04 bits per heavy atom. The number of para-hydroxylation sites is 1. The van der Waals surface area contributed by atoms with Crippen LogP contribution < -0.4 is 4.74 Å². The quantitative estimate of drug-likeness (QED) is 0.516. The van der Waals surface area contributed by atoms with Crippen LogP contribution in [0.5, 0.6) is 5.75 Å². The maximum absolute atomic E-state index is 11.9. The first-order valence-corrected chi connectivity index (χ1v) is 7.61. The molecule has 4 heteroatoms. The average Bonchev–Trinajstić information content (AvgIpc) is 2.94. The second-order valence-corrected chi connectivity index (χ2v) is 5.39. The van der Waals surface area contributed by atoms with E-state index in [0.29, 0.717) is 6.61 Å². The van der Waals surface area contributed by atoms with Crippen LogP contribution in [0.3, 0.4) is 0 Å². The summed E-state index contributed by atoms with van der Waals surface area (Å²) in [4.78, 5) is 11.9. The van der Waals surface area contributed by atoms with Crippen LogP contribution in [-0.2, 0) is 16.1 Å². The molecule has 118 valence electrons. The minimum atomic E-state index is -0.264. The van der Waals surface area contributed by atoms with Gasteiger partial charge in [-0.05, 0) is 42.6 Å². The van der Waals surface area contributed by atoms with E-state index in [1.807, 2.05) is 59.3 Å². The Bertz CT molecular complexity index is 793.